The van der Waals surface area contributed by atoms with E-state index in [1.54, 1.807) is 6.08 Å². The molecule has 1 N–H and O–H groups in total. The molecule has 3 heteroatoms. The molecular formula is C13H21NO2. The van der Waals surface area contributed by atoms with E-state index in [2.05, 4.69) is 25.7 Å². The van der Waals surface area contributed by atoms with Gasteiger partial charge >= 0.3 is 0 Å². The zero-order chi connectivity index (χ0) is 12.0. The lowest BCUT2D eigenvalue weighted by molar-refractivity contribution is 0.147. The molecule has 0 aliphatic heterocycles. The van der Waals surface area contributed by atoms with Gasteiger partial charge < -0.3 is 14.5 Å². The van der Waals surface area contributed by atoms with Gasteiger partial charge in [0.2, 0.25) is 0 Å². The predicted octanol–water partition coefficient (Wildman–Crippen LogP) is 2.79. The molecule has 0 bridgehead atoms. The summed E-state index contributed by atoms with van der Waals surface area (Å²) in [7, 11) is 0. The molecule has 0 saturated heterocycles. The average Bonchev–Trinajstić information content (AvgIpc) is 2.57. The van der Waals surface area contributed by atoms with Crippen molar-refractivity contribution in [3.05, 3.63) is 35.8 Å². The fourth-order valence-electron chi connectivity index (χ4n) is 1.37. The van der Waals surface area contributed by atoms with Crippen molar-refractivity contribution in [1.29, 1.82) is 0 Å². The second kappa shape index (κ2) is 6.51. The van der Waals surface area contributed by atoms with Gasteiger partial charge in [0.15, 0.2) is 0 Å². The molecule has 0 aliphatic carbocycles. The van der Waals surface area contributed by atoms with E-state index in [-0.39, 0.29) is 0 Å². The highest BCUT2D eigenvalue weighted by Crippen LogP contribution is 2.15. The molecule has 1 aromatic rings. The van der Waals surface area contributed by atoms with Gasteiger partial charge in [-0.3, -0.25) is 0 Å². The minimum Gasteiger partial charge on any atom is -0.465 e. The van der Waals surface area contributed by atoms with Crippen molar-refractivity contribution in [2.24, 2.45) is 0 Å². The van der Waals surface area contributed by atoms with Gasteiger partial charge in [-0.05, 0) is 13.0 Å². The van der Waals surface area contributed by atoms with Gasteiger partial charge in [0.25, 0.3) is 0 Å². The monoisotopic (exact) mass is 223 g/mol. The van der Waals surface area contributed by atoms with Gasteiger partial charge in [0.1, 0.15) is 11.5 Å². The van der Waals surface area contributed by atoms with Crippen LogP contribution in [-0.2, 0) is 17.9 Å². The van der Waals surface area contributed by atoms with E-state index in [1.165, 1.54) is 0 Å². The Hall–Kier alpha value is -1.06. The summed E-state index contributed by atoms with van der Waals surface area (Å²) >= 11 is 0. The van der Waals surface area contributed by atoms with E-state index < -0.39 is 0 Å². The van der Waals surface area contributed by atoms with Gasteiger partial charge in [0.05, 0.1) is 19.8 Å². The van der Waals surface area contributed by atoms with E-state index >= 15 is 0 Å². The lowest BCUT2D eigenvalue weighted by Crippen LogP contribution is -2.21. The SMILES string of the molecule is C=CCOCc1cc(CNC(C)C)oc1C. The van der Waals surface area contributed by atoms with Crippen LogP contribution in [0.5, 0.6) is 0 Å². The zero-order valence-corrected chi connectivity index (χ0v) is 10.4. The molecule has 0 aliphatic rings. The maximum Gasteiger partial charge on any atom is 0.118 e. The predicted molar refractivity (Wildman–Crippen MR) is 65.3 cm³/mol. The molecule has 0 atom stereocenters. The molecule has 1 heterocycles. The van der Waals surface area contributed by atoms with Crippen molar-refractivity contribution in [3.63, 3.8) is 0 Å². The topological polar surface area (TPSA) is 34.4 Å². The first-order chi connectivity index (χ1) is 7.63. The summed E-state index contributed by atoms with van der Waals surface area (Å²) in [6.07, 6.45) is 1.75. The molecular weight excluding hydrogens is 202 g/mol. The fourth-order valence-corrected chi connectivity index (χ4v) is 1.37. The summed E-state index contributed by atoms with van der Waals surface area (Å²) in [6, 6.07) is 2.51. The molecule has 3 nitrogen and oxygen atoms in total. The van der Waals surface area contributed by atoms with Crippen LogP contribution in [0.2, 0.25) is 0 Å². The molecule has 0 radical (unpaired) electrons. The highest BCUT2D eigenvalue weighted by Gasteiger charge is 2.07. The van der Waals surface area contributed by atoms with E-state index in [0.29, 0.717) is 19.3 Å². The van der Waals surface area contributed by atoms with E-state index in [4.69, 9.17) is 9.15 Å². The maximum atomic E-state index is 5.63. The van der Waals surface area contributed by atoms with Gasteiger partial charge in [-0.15, -0.1) is 6.58 Å². The fraction of sp³-hybridized carbons (Fsp3) is 0.538. The highest BCUT2D eigenvalue weighted by atomic mass is 16.5. The van der Waals surface area contributed by atoms with Crippen molar-refractivity contribution in [2.75, 3.05) is 6.61 Å². The Morgan fingerprint density at radius 3 is 2.94 bits per heavy atom. The van der Waals surface area contributed by atoms with Crippen LogP contribution in [-0.4, -0.2) is 12.6 Å². The Bertz CT molecular complexity index is 329. The van der Waals surface area contributed by atoms with Crippen LogP contribution >= 0.6 is 0 Å². The van der Waals surface area contributed by atoms with Crippen LogP contribution in [0.25, 0.3) is 0 Å². The summed E-state index contributed by atoms with van der Waals surface area (Å²) < 4.78 is 11.0. The number of nitrogens with one attached hydrogen (secondary N) is 1. The van der Waals surface area contributed by atoms with Crippen molar-refractivity contribution in [1.82, 2.24) is 5.32 Å². The Balaban J connectivity index is 2.48. The average molecular weight is 223 g/mol. The molecule has 0 aromatic carbocycles. The summed E-state index contributed by atoms with van der Waals surface area (Å²) in [6.45, 7) is 11.7. The number of furan rings is 1. The van der Waals surface area contributed by atoms with Crippen LogP contribution in [0.4, 0.5) is 0 Å². The summed E-state index contributed by atoms with van der Waals surface area (Å²) in [4.78, 5) is 0. The summed E-state index contributed by atoms with van der Waals surface area (Å²) in [5.41, 5.74) is 1.11. The first kappa shape index (κ1) is 13.0. The molecule has 0 saturated carbocycles. The second-order valence-corrected chi connectivity index (χ2v) is 4.13. The molecule has 1 aromatic heterocycles. The number of ether oxygens (including phenoxy) is 1. The molecule has 0 unspecified atom stereocenters. The Kier molecular flexibility index (Phi) is 5.29. The van der Waals surface area contributed by atoms with Crippen LogP contribution in [0, 0.1) is 6.92 Å². The third kappa shape index (κ3) is 4.21. The highest BCUT2D eigenvalue weighted by molar-refractivity contribution is 5.20. The second-order valence-electron chi connectivity index (χ2n) is 4.13. The molecule has 0 fully saturated rings. The number of hydrogen-bond acceptors (Lipinski definition) is 3. The van der Waals surface area contributed by atoms with Crippen molar-refractivity contribution in [3.8, 4) is 0 Å². The third-order valence-corrected chi connectivity index (χ3v) is 2.25. The lowest BCUT2D eigenvalue weighted by atomic mass is 10.2. The van der Waals surface area contributed by atoms with Crippen LogP contribution in [0.15, 0.2) is 23.1 Å². The Morgan fingerprint density at radius 2 is 2.31 bits per heavy atom. The molecule has 16 heavy (non-hydrogen) atoms. The Labute approximate surface area is 97.5 Å². The smallest absolute Gasteiger partial charge is 0.118 e. The number of hydrogen-bond donors (Lipinski definition) is 1. The number of rotatable bonds is 7. The molecule has 90 valence electrons. The van der Waals surface area contributed by atoms with Crippen LogP contribution in [0.1, 0.15) is 30.9 Å². The molecule has 0 spiro atoms. The van der Waals surface area contributed by atoms with Gasteiger partial charge in [0, 0.05) is 11.6 Å². The molecule has 1 rings (SSSR count). The normalized spacial score (nSPS) is 11.0. The zero-order valence-electron chi connectivity index (χ0n) is 10.4. The van der Waals surface area contributed by atoms with E-state index in [1.807, 2.05) is 13.0 Å². The maximum absolute atomic E-state index is 5.63. The third-order valence-electron chi connectivity index (χ3n) is 2.25. The van der Waals surface area contributed by atoms with E-state index in [9.17, 15) is 0 Å². The number of aryl methyl sites for hydroxylation is 1. The minimum absolute atomic E-state index is 0.464. The molecule has 0 amide bonds. The van der Waals surface area contributed by atoms with Gasteiger partial charge in [-0.25, -0.2) is 0 Å². The first-order valence-corrected chi connectivity index (χ1v) is 5.63. The largest absolute Gasteiger partial charge is 0.465 e. The van der Waals surface area contributed by atoms with Gasteiger partial charge in [-0.1, -0.05) is 19.9 Å². The lowest BCUT2D eigenvalue weighted by Gasteiger charge is -2.04. The first-order valence-electron chi connectivity index (χ1n) is 5.63. The van der Waals surface area contributed by atoms with Crippen LogP contribution < -0.4 is 5.32 Å². The van der Waals surface area contributed by atoms with Crippen molar-refractivity contribution in [2.45, 2.75) is 40.0 Å². The standard InChI is InChI=1S/C13H21NO2/c1-5-6-15-9-12-7-13(16-11(12)4)8-14-10(2)3/h5,7,10,14H,1,6,8-9H2,2-4H3. The summed E-state index contributed by atoms with van der Waals surface area (Å²) in [5, 5.41) is 3.32. The van der Waals surface area contributed by atoms with Crippen molar-refractivity contribution >= 4 is 0 Å². The van der Waals surface area contributed by atoms with E-state index in [0.717, 1.165) is 23.6 Å². The van der Waals surface area contributed by atoms with Gasteiger partial charge in [-0.2, -0.15) is 0 Å². The van der Waals surface area contributed by atoms with Crippen molar-refractivity contribution < 1.29 is 9.15 Å². The summed E-state index contributed by atoms with van der Waals surface area (Å²) in [5.74, 6) is 1.90. The Morgan fingerprint density at radius 1 is 1.56 bits per heavy atom. The quantitative estimate of drug-likeness (QED) is 0.570. The minimum atomic E-state index is 0.464. The van der Waals surface area contributed by atoms with Crippen LogP contribution in [0.3, 0.4) is 0 Å².